The minimum Gasteiger partial charge on any atom is -0.341 e. The summed E-state index contributed by atoms with van der Waals surface area (Å²) in [5.74, 6) is 0.0665. The maximum absolute atomic E-state index is 13.4. The Balaban J connectivity index is 1.84. The number of piperidine rings is 1. The first-order valence-corrected chi connectivity index (χ1v) is 7.78. The Bertz CT molecular complexity index is 617. The van der Waals surface area contributed by atoms with Gasteiger partial charge in [-0.1, -0.05) is 0 Å². The molecule has 3 heterocycles. The fourth-order valence-electron chi connectivity index (χ4n) is 3.53. The van der Waals surface area contributed by atoms with Gasteiger partial charge in [0, 0.05) is 38.2 Å². The zero-order valence-electron chi connectivity index (χ0n) is 13.0. The number of hydrogen-bond donors (Lipinski definition) is 0. The Labute approximate surface area is 129 Å². The van der Waals surface area contributed by atoms with Gasteiger partial charge in [0.15, 0.2) is 0 Å². The van der Waals surface area contributed by atoms with Gasteiger partial charge in [-0.15, -0.1) is 0 Å². The van der Waals surface area contributed by atoms with Crippen molar-refractivity contribution in [3.63, 3.8) is 0 Å². The molecule has 1 aromatic carbocycles. The highest BCUT2D eigenvalue weighted by Crippen LogP contribution is 2.29. The summed E-state index contributed by atoms with van der Waals surface area (Å²) in [5.41, 5.74) is 1.01. The molecule has 0 aliphatic carbocycles. The number of amides is 2. The summed E-state index contributed by atoms with van der Waals surface area (Å²) in [6.07, 6.45) is 1.99. The molecule has 3 aliphatic heterocycles. The van der Waals surface area contributed by atoms with E-state index in [4.69, 9.17) is 0 Å². The smallest absolute Gasteiger partial charge is 0.254 e. The van der Waals surface area contributed by atoms with Crippen molar-refractivity contribution in [1.29, 1.82) is 0 Å². The number of benzene rings is 1. The van der Waals surface area contributed by atoms with Gasteiger partial charge >= 0.3 is 0 Å². The van der Waals surface area contributed by atoms with Crippen LogP contribution < -0.4 is 0 Å². The summed E-state index contributed by atoms with van der Waals surface area (Å²) in [7, 11) is 0. The van der Waals surface area contributed by atoms with E-state index < -0.39 is 0 Å². The Kier molecular flexibility index (Phi) is 3.89. The molecule has 4 nitrogen and oxygen atoms in total. The van der Waals surface area contributed by atoms with Crippen LogP contribution in [0.1, 0.15) is 35.7 Å². The Morgan fingerprint density at radius 3 is 2.64 bits per heavy atom. The van der Waals surface area contributed by atoms with E-state index in [9.17, 15) is 14.0 Å². The SMILES string of the molecule is CC(=O)N1C[C@@H]2CC[C@H](C1)N(C(=O)c1ccc(F)c(C)c1)C2. The van der Waals surface area contributed by atoms with Crippen LogP contribution in [-0.4, -0.2) is 47.3 Å². The number of halogens is 1. The molecule has 22 heavy (non-hydrogen) atoms. The molecule has 0 unspecified atom stereocenters. The minimum absolute atomic E-state index is 0.0526. The highest BCUT2D eigenvalue weighted by Gasteiger charge is 2.38. The Morgan fingerprint density at radius 1 is 1.18 bits per heavy atom. The second-order valence-corrected chi connectivity index (χ2v) is 6.44. The van der Waals surface area contributed by atoms with Crippen LogP contribution in [0.5, 0.6) is 0 Å². The van der Waals surface area contributed by atoms with Crippen LogP contribution in [0.3, 0.4) is 0 Å². The number of aryl methyl sites for hydroxylation is 1. The molecular weight excluding hydrogens is 283 g/mol. The van der Waals surface area contributed by atoms with E-state index in [1.807, 2.05) is 9.80 Å². The van der Waals surface area contributed by atoms with Crippen molar-refractivity contribution < 1.29 is 14.0 Å². The summed E-state index contributed by atoms with van der Waals surface area (Å²) in [6, 6.07) is 4.58. The number of nitrogens with zero attached hydrogens (tertiary/aromatic N) is 2. The molecule has 5 heteroatoms. The lowest BCUT2D eigenvalue weighted by molar-refractivity contribution is -0.129. The van der Waals surface area contributed by atoms with Crippen molar-refractivity contribution in [2.24, 2.45) is 5.92 Å². The lowest BCUT2D eigenvalue weighted by Gasteiger charge is -2.36. The molecule has 3 fully saturated rings. The largest absolute Gasteiger partial charge is 0.341 e. The van der Waals surface area contributed by atoms with Crippen molar-refractivity contribution in [3.8, 4) is 0 Å². The second-order valence-electron chi connectivity index (χ2n) is 6.44. The van der Waals surface area contributed by atoms with Gasteiger partial charge in [0.2, 0.25) is 5.91 Å². The van der Waals surface area contributed by atoms with Crippen LogP contribution in [0.2, 0.25) is 0 Å². The molecule has 2 bridgehead atoms. The molecule has 0 spiro atoms. The summed E-state index contributed by atoms with van der Waals surface area (Å²) >= 11 is 0. The molecule has 0 N–H and O–H groups in total. The first-order chi connectivity index (χ1) is 10.5. The van der Waals surface area contributed by atoms with E-state index in [1.54, 1.807) is 26.0 Å². The predicted molar refractivity (Wildman–Crippen MR) is 80.9 cm³/mol. The molecule has 4 rings (SSSR count). The standard InChI is InChI=1S/C17H21FN2O2/c1-11-7-14(4-6-16(11)18)17(22)20-9-13-3-5-15(20)10-19(8-13)12(2)21/h4,6-7,13,15H,3,5,8-10H2,1-2H3/t13-,15+/m0/s1. The second kappa shape index (κ2) is 5.71. The van der Waals surface area contributed by atoms with Crippen molar-refractivity contribution in [2.45, 2.75) is 32.7 Å². The molecule has 118 valence electrons. The maximum Gasteiger partial charge on any atom is 0.254 e. The number of carbonyl (C=O) groups is 2. The fraction of sp³-hybridized carbons (Fsp3) is 0.529. The molecule has 0 aromatic heterocycles. The van der Waals surface area contributed by atoms with E-state index >= 15 is 0 Å². The molecule has 2 amide bonds. The van der Waals surface area contributed by atoms with E-state index in [-0.39, 0.29) is 23.7 Å². The first kappa shape index (κ1) is 15.0. The van der Waals surface area contributed by atoms with Crippen LogP contribution in [0.4, 0.5) is 4.39 Å². The van der Waals surface area contributed by atoms with Gasteiger partial charge in [-0.2, -0.15) is 0 Å². The molecule has 1 aromatic rings. The molecule has 2 atom stereocenters. The molecule has 0 saturated carbocycles. The van der Waals surface area contributed by atoms with E-state index in [0.717, 1.165) is 19.4 Å². The lowest BCUT2D eigenvalue weighted by Crippen LogP contribution is -2.47. The number of rotatable bonds is 1. The third-order valence-electron chi connectivity index (χ3n) is 4.82. The minimum atomic E-state index is -0.295. The van der Waals surface area contributed by atoms with E-state index in [1.165, 1.54) is 6.07 Å². The highest BCUT2D eigenvalue weighted by atomic mass is 19.1. The van der Waals surface area contributed by atoms with E-state index in [0.29, 0.717) is 30.1 Å². The Hall–Kier alpha value is -1.91. The van der Waals surface area contributed by atoms with Crippen LogP contribution in [-0.2, 0) is 4.79 Å². The number of hydrogen-bond acceptors (Lipinski definition) is 2. The summed E-state index contributed by atoms with van der Waals surface area (Å²) < 4.78 is 13.4. The van der Waals surface area contributed by atoms with Gasteiger partial charge in [-0.25, -0.2) is 4.39 Å². The zero-order chi connectivity index (χ0) is 15.9. The van der Waals surface area contributed by atoms with Gasteiger partial charge in [-0.3, -0.25) is 9.59 Å². The van der Waals surface area contributed by atoms with Crippen molar-refractivity contribution in [3.05, 3.63) is 35.1 Å². The Morgan fingerprint density at radius 2 is 1.95 bits per heavy atom. The number of fused-ring (bicyclic) bond motifs is 4. The molecule has 3 aliphatic rings. The predicted octanol–water partition coefficient (Wildman–Crippen LogP) is 2.22. The fourth-order valence-corrected chi connectivity index (χ4v) is 3.53. The maximum atomic E-state index is 13.4. The monoisotopic (exact) mass is 304 g/mol. The molecule has 0 radical (unpaired) electrons. The van der Waals surface area contributed by atoms with Gasteiger partial charge in [0.05, 0.1) is 0 Å². The van der Waals surface area contributed by atoms with Crippen LogP contribution in [0.15, 0.2) is 18.2 Å². The van der Waals surface area contributed by atoms with Gasteiger partial charge in [0.1, 0.15) is 5.82 Å². The highest BCUT2D eigenvalue weighted by molar-refractivity contribution is 5.94. The third-order valence-corrected chi connectivity index (χ3v) is 4.82. The average Bonchev–Trinajstić information content (AvgIpc) is 2.81. The van der Waals surface area contributed by atoms with Gasteiger partial charge < -0.3 is 9.80 Å². The van der Waals surface area contributed by atoms with Crippen LogP contribution in [0.25, 0.3) is 0 Å². The van der Waals surface area contributed by atoms with Gasteiger partial charge in [0.25, 0.3) is 5.91 Å². The summed E-state index contributed by atoms with van der Waals surface area (Å²) in [4.78, 5) is 28.2. The summed E-state index contributed by atoms with van der Waals surface area (Å²) in [5, 5.41) is 0. The third kappa shape index (κ3) is 2.72. The molecular formula is C17H21FN2O2. The van der Waals surface area contributed by atoms with Crippen molar-refractivity contribution in [2.75, 3.05) is 19.6 Å². The van der Waals surface area contributed by atoms with Crippen molar-refractivity contribution in [1.82, 2.24) is 9.80 Å². The topological polar surface area (TPSA) is 40.6 Å². The lowest BCUT2D eigenvalue weighted by atomic mass is 9.94. The number of carbonyl (C=O) groups excluding carboxylic acids is 2. The normalized spacial score (nSPS) is 24.3. The van der Waals surface area contributed by atoms with Crippen LogP contribution >= 0.6 is 0 Å². The van der Waals surface area contributed by atoms with Crippen molar-refractivity contribution >= 4 is 11.8 Å². The summed E-state index contributed by atoms with van der Waals surface area (Å²) in [6.45, 7) is 5.28. The quantitative estimate of drug-likeness (QED) is 0.798. The van der Waals surface area contributed by atoms with E-state index in [2.05, 4.69) is 0 Å². The molecule has 3 saturated heterocycles. The first-order valence-electron chi connectivity index (χ1n) is 7.78. The average molecular weight is 304 g/mol. The zero-order valence-corrected chi connectivity index (χ0v) is 13.0. The van der Waals surface area contributed by atoms with Crippen LogP contribution in [0, 0.1) is 18.7 Å². The van der Waals surface area contributed by atoms with Gasteiger partial charge in [-0.05, 0) is 49.4 Å².